The Morgan fingerprint density at radius 2 is 1.86 bits per heavy atom. The number of morpholine rings is 1. The predicted octanol–water partition coefficient (Wildman–Crippen LogP) is 1.19. The summed E-state index contributed by atoms with van der Waals surface area (Å²) in [6.07, 6.45) is 7.83. The quantitative estimate of drug-likeness (QED) is 0.688. The second kappa shape index (κ2) is 9.67. The van der Waals surface area contributed by atoms with Crippen LogP contribution in [0.2, 0.25) is 0 Å². The van der Waals surface area contributed by atoms with Crippen LogP contribution in [0.1, 0.15) is 31.2 Å². The number of hydrogen-bond donors (Lipinski definition) is 0. The van der Waals surface area contributed by atoms with Crippen LogP contribution in [0.15, 0.2) is 24.5 Å². The van der Waals surface area contributed by atoms with Gasteiger partial charge >= 0.3 is 0 Å². The summed E-state index contributed by atoms with van der Waals surface area (Å²) in [5.74, 6) is 0.655. The van der Waals surface area contributed by atoms with Crippen LogP contribution in [0.25, 0.3) is 0 Å². The molecule has 2 amide bonds. The normalized spacial score (nSPS) is 23.0. The van der Waals surface area contributed by atoms with Crippen LogP contribution >= 0.6 is 0 Å². The standard InChI is InChI=1S/C22H32N4O3/c27-21(16-18-5-7-23-8-6-18)25-9-1-2-20(17-25)26(22(28)19-3-4-19)11-10-24-12-14-29-15-13-24/h5-8,19-20H,1-4,9-17H2. The number of likely N-dealkylation sites (tertiary alicyclic amines) is 1. The predicted molar refractivity (Wildman–Crippen MR) is 109 cm³/mol. The average Bonchev–Trinajstić information content (AvgIpc) is 3.61. The van der Waals surface area contributed by atoms with Crippen LogP contribution in [-0.4, -0.2) is 90.0 Å². The van der Waals surface area contributed by atoms with E-state index in [9.17, 15) is 9.59 Å². The summed E-state index contributed by atoms with van der Waals surface area (Å²) in [4.78, 5) is 36.3. The maximum atomic E-state index is 13.0. The van der Waals surface area contributed by atoms with Crippen molar-refractivity contribution < 1.29 is 14.3 Å². The largest absolute Gasteiger partial charge is 0.379 e. The molecule has 7 heteroatoms. The molecule has 0 radical (unpaired) electrons. The second-order valence-corrected chi connectivity index (χ2v) is 8.43. The van der Waals surface area contributed by atoms with Crippen molar-refractivity contribution in [3.05, 3.63) is 30.1 Å². The monoisotopic (exact) mass is 400 g/mol. The van der Waals surface area contributed by atoms with Crippen molar-refractivity contribution in [2.75, 3.05) is 52.5 Å². The summed E-state index contributed by atoms with van der Waals surface area (Å²) < 4.78 is 5.44. The first-order valence-corrected chi connectivity index (χ1v) is 11.0. The van der Waals surface area contributed by atoms with Gasteiger partial charge in [-0.05, 0) is 43.4 Å². The number of carbonyl (C=O) groups is 2. The summed E-state index contributed by atoms with van der Waals surface area (Å²) in [6, 6.07) is 3.93. The van der Waals surface area contributed by atoms with Gasteiger partial charge in [-0.2, -0.15) is 0 Å². The first kappa shape index (κ1) is 20.3. The van der Waals surface area contributed by atoms with Crippen molar-refractivity contribution in [1.82, 2.24) is 19.7 Å². The summed E-state index contributed by atoms with van der Waals surface area (Å²) in [5.41, 5.74) is 0.991. The van der Waals surface area contributed by atoms with E-state index in [1.807, 2.05) is 17.0 Å². The molecule has 2 saturated heterocycles. The molecule has 29 heavy (non-hydrogen) atoms. The molecule has 2 aliphatic heterocycles. The zero-order chi connectivity index (χ0) is 20.1. The Balaban J connectivity index is 1.37. The molecule has 3 fully saturated rings. The van der Waals surface area contributed by atoms with Crippen LogP contribution < -0.4 is 0 Å². The van der Waals surface area contributed by atoms with E-state index in [1.54, 1.807) is 12.4 Å². The number of piperidine rings is 1. The Kier molecular flexibility index (Phi) is 6.77. The van der Waals surface area contributed by atoms with Crippen molar-refractivity contribution in [2.24, 2.45) is 5.92 Å². The molecule has 1 atom stereocenters. The van der Waals surface area contributed by atoms with Crippen molar-refractivity contribution in [2.45, 2.75) is 38.1 Å². The lowest BCUT2D eigenvalue weighted by Gasteiger charge is -2.40. The first-order valence-electron chi connectivity index (χ1n) is 11.0. The molecule has 1 aromatic rings. The second-order valence-electron chi connectivity index (χ2n) is 8.43. The maximum Gasteiger partial charge on any atom is 0.227 e. The number of aromatic nitrogens is 1. The molecule has 0 spiro atoms. The van der Waals surface area contributed by atoms with Gasteiger partial charge in [0, 0.05) is 63.6 Å². The highest BCUT2D eigenvalue weighted by Crippen LogP contribution is 2.32. The third kappa shape index (κ3) is 5.54. The van der Waals surface area contributed by atoms with Gasteiger partial charge in [-0.3, -0.25) is 19.5 Å². The van der Waals surface area contributed by atoms with E-state index in [0.29, 0.717) is 18.9 Å². The molecule has 3 heterocycles. The molecule has 0 bridgehead atoms. The fourth-order valence-electron chi connectivity index (χ4n) is 4.33. The summed E-state index contributed by atoms with van der Waals surface area (Å²) >= 11 is 0. The molecule has 1 aromatic heterocycles. The van der Waals surface area contributed by atoms with E-state index in [2.05, 4.69) is 14.8 Å². The topological polar surface area (TPSA) is 66.0 Å². The third-order valence-corrected chi connectivity index (χ3v) is 6.27. The number of pyridine rings is 1. The highest BCUT2D eigenvalue weighted by molar-refractivity contribution is 5.82. The Morgan fingerprint density at radius 1 is 1.10 bits per heavy atom. The van der Waals surface area contributed by atoms with Gasteiger partial charge in [-0.1, -0.05) is 0 Å². The highest BCUT2D eigenvalue weighted by Gasteiger charge is 2.38. The van der Waals surface area contributed by atoms with Crippen LogP contribution in [0.5, 0.6) is 0 Å². The molecule has 3 aliphatic rings. The van der Waals surface area contributed by atoms with E-state index >= 15 is 0 Å². The van der Waals surface area contributed by atoms with Crippen LogP contribution in [-0.2, 0) is 20.7 Å². The minimum absolute atomic E-state index is 0.138. The minimum atomic E-state index is 0.138. The van der Waals surface area contributed by atoms with E-state index < -0.39 is 0 Å². The Hall–Kier alpha value is -1.99. The number of rotatable bonds is 7. The van der Waals surface area contributed by atoms with Crippen molar-refractivity contribution in [1.29, 1.82) is 0 Å². The van der Waals surface area contributed by atoms with E-state index in [-0.39, 0.29) is 17.9 Å². The molecule has 0 N–H and O–H groups in total. The van der Waals surface area contributed by atoms with Gasteiger partial charge in [-0.25, -0.2) is 0 Å². The number of nitrogens with zero attached hydrogens (tertiary/aromatic N) is 4. The number of carbonyl (C=O) groups excluding carboxylic acids is 2. The molecule has 4 rings (SSSR count). The van der Waals surface area contributed by atoms with Crippen molar-refractivity contribution >= 4 is 11.8 Å². The van der Waals surface area contributed by atoms with Crippen molar-refractivity contribution in [3.8, 4) is 0 Å². The van der Waals surface area contributed by atoms with Gasteiger partial charge in [-0.15, -0.1) is 0 Å². The van der Waals surface area contributed by atoms with Crippen LogP contribution in [0.4, 0.5) is 0 Å². The number of amides is 2. The molecular formula is C22H32N4O3. The van der Waals surface area contributed by atoms with Gasteiger partial charge in [0.05, 0.1) is 19.6 Å². The van der Waals surface area contributed by atoms with E-state index in [0.717, 1.165) is 77.2 Å². The van der Waals surface area contributed by atoms with Gasteiger partial charge < -0.3 is 14.5 Å². The van der Waals surface area contributed by atoms with E-state index in [4.69, 9.17) is 4.74 Å². The zero-order valence-electron chi connectivity index (χ0n) is 17.2. The van der Waals surface area contributed by atoms with Crippen LogP contribution in [0, 0.1) is 5.92 Å². The first-order chi connectivity index (χ1) is 14.2. The average molecular weight is 401 g/mol. The Labute approximate surface area is 173 Å². The fourth-order valence-corrected chi connectivity index (χ4v) is 4.33. The number of ether oxygens (including phenoxy) is 1. The van der Waals surface area contributed by atoms with Gasteiger partial charge in [0.15, 0.2) is 0 Å². The van der Waals surface area contributed by atoms with Crippen LogP contribution in [0.3, 0.4) is 0 Å². The summed E-state index contributed by atoms with van der Waals surface area (Å²) in [6.45, 7) is 6.52. The molecular weight excluding hydrogens is 368 g/mol. The fraction of sp³-hybridized carbons (Fsp3) is 0.682. The summed E-state index contributed by atoms with van der Waals surface area (Å²) in [5, 5.41) is 0. The molecule has 7 nitrogen and oxygen atoms in total. The van der Waals surface area contributed by atoms with Gasteiger partial charge in [0.2, 0.25) is 11.8 Å². The highest BCUT2D eigenvalue weighted by atomic mass is 16.5. The lowest BCUT2D eigenvalue weighted by Crippen LogP contribution is -2.54. The lowest BCUT2D eigenvalue weighted by molar-refractivity contribution is -0.140. The molecule has 1 unspecified atom stereocenters. The Bertz CT molecular complexity index is 689. The Morgan fingerprint density at radius 3 is 2.59 bits per heavy atom. The number of hydrogen-bond acceptors (Lipinski definition) is 5. The lowest BCUT2D eigenvalue weighted by atomic mass is 10.0. The molecule has 1 saturated carbocycles. The van der Waals surface area contributed by atoms with Gasteiger partial charge in [0.1, 0.15) is 0 Å². The van der Waals surface area contributed by atoms with Crippen molar-refractivity contribution in [3.63, 3.8) is 0 Å². The summed E-state index contributed by atoms with van der Waals surface area (Å²) in [7, 11) is 0. The molecule has 158 valence electrons. The zero-order valence-corrected chi connectivity index (χ0v) is 17.2. The molecule has 0 aromatic carbocycles. The minimum Gasteiger partial charge on any atom is -0.379 e. The SMILES string of the molecule is O=C(Cc1ccncc1)N1CCCC(N(CCN2CCOCC2)C(=O)C2CC2)C1. The molecule has 1 aliphatic carbocycles. The smallest absolute Gasteiger partial charge is 0.227 e. The van der Waals surface area contributed by atoms with Gasteiger partial charge in [0.25, 0.3) is 0 Å². The third-order valence-electron chi connectivity index (χ3n) is 6.27. The van der Waals surface area contributed by atoms with E-state index in [1.165, 1.54) is 0 Å². The maximum absolute atomic E-state index is 13.0.